The Morgan fingerprint density at radius 3 is 2.59 bits per heavy atom. The Morgan fingerprint density at radius 2 is 2.03 bits per heavy atom. The molecule has 29 heavy (non-hydrogen) atoms. The minimum absolute atomic E-state index is 0.265. The molecule has 11 heteroatoms. The van der Waals surface area contributed by atoms with Crippen LogP contribution in [0.5, 0.6) is 0 Å². The number of hydrogen-bond donors (Lipinski definition) is 2. The van der Waals surface area contributed by atoms with E-state index >= 15 is 0 Å². The van der Waals surface area contributed by atoms with Gasteiger partial charge in [0.2, 0.25) is 15.9 Å². The van der Waals surface area contributed by atoms with E-state index in [4.69, 9.17) is 9.56 Å². The number of non-ortho nitro benzene ring substituents is 1. The molecular formula is C18H25N5O5S. The maximum Gasteiger partial charge on any atom is 0.270 e. The topological polar surface area (TPSA) is 145 Å². The molecule has 1 aromatic carbocycles. The highest BCUT2D eigenvalue weighted by molar-refractivity contribution is 7.89. The van der Waals surface area contributed by atoms with Crippen LogP contribution in [-0.2, 0) is 16.6 Å². The summed E-state index contributed by atoms with van der Waals surface area (Å²) in [5.41, 5.74) is 0.879. The number of piperidine rings is 1. The van der Waals surface area contributed by atoms with Gasteiger partial charge in [0.1, 0.15) is 10.7 Å². The van der Waals surface area contributed by atoms with Crippen molar-refractivity contribution in [1.29, 1.82) is 0 Å². The number of aryl methyl sites for hydroxylation is 2. The number of nitrogens with zero attached hydrogens (tertiary/aromatic N) is 3. The Bertz CT molecular complexity index is 977. The number of hydrogen-bond acceptors (Lipinski definition) is 8. The second kappa shape index (κ2) is 8.47. The zero-order valence-electron chi connectivity index (χ0n) is 16.4. The predicted octanol–water partition coefficient (Wildman–Crippen LogP) is 2.17. The minimum atomic E-state index is -4.08. The van der Waals surface area contributed by atoms with Crippen molar-refractivity contribution in [2.45, 2.75) is 38.1 Å². The van der Waals surface area contributed by atoms with Gasteiger partial charge in [-0.05, 0) is 51.8 Å². The summed E-state index contributed by atoms with van der Waals surface area (Å²) in [6.07, 6.45) is 1.87. The number of oxazole rings is 1. The lowest BCUT2D eigenvalue weighted by Gasteiger charge is -2.31. The zero-order chi connectivity index (χ0) is 21.2. The van der Waals surface area contributed by atoms with Crippen molar-refractivity contribution >= 4 is 21.4 Å². The maximum atomic E-state index is 11.8. The van der Waals surface area contributed by atoms with Crippen LogP contribution in [0.25, 0.3) is 0 Å². The van der Waals surface area contributed by atoms with Gasteiger partial charge >= 0.3 is 0 Å². The van der Waals surface area contributed by atoms with Gasteiger partial charge in [-0.1, -0.05) is 0 Å². The molecule has 1 aromatic heterocycles. The summed E-state index contributed by atoms with van der Waals surface area (Å²) in [7, 11) is -4.08. The number of rotatable bonds is 7. The van der Waals surface area contributed by atoms with E-state index in [2.05, 4.69) is 15.2 Å². The maximum absolute atomic E-state index is 11.8. The lowest BCUT2D eigenvalue weighted by atomic mass is 9.96. The van der Waals surface area contributed by atoms with E-state index in [1.54, 1.807) is 0 Å². The second-order valence-corrected chi connectivity index (χ2v) is 8.86. The van der Waals surface area contributed by atoms with Gasteiger partial charge < -0.3 is 9.73 Å². The number of nitro benzene ring substituents is 1. The molecule has 10 nitrogen and oxygen atoms in total. The van der Waals surface area contributed by atoms with E-state index in [-0.39, 0.29) is 16.3 Å². The van der Waals surface area contributed by atoms with Gasteiger partial charge in [-0.3, -0.25) is 15.0 Å². The van der Waals surface area contributed by atoms with Gasteiger partial charge in [0.15, 0.2) is 0 Å². The third-order valence-electron chi connectivity index (χ3n) is 5.20. The average molecular weight is 423 g/mol. The molecule has 1 aliphatic rings. The molecule has 0 unspecified atom stereocenters. The molecule has 0 aliphatic carbocycles. The van der Waals surface area contributed by atoms with Crippen LogP contribution < -0.4 is 10.5 Å². The molecular weight excluding hydrogens is 398 g/mol. The Morgan fingerprint density at radius 1 is 1.34 bits per heavy atom. The molecule has 3 N–H and O–H groups in total. The summed E-state index contributed by atoms with van der Waals surface area (Å²) in [6.45, 7) is 6.83. The summed E-state index contributed by atoms with van der Waals surface area (Å²) in [5.74, 6) is 1.91. The van der Waals surface area contributed by atoms with Crippen molar-refractivity contribution < 1.29 is 17.8 Å². The lowest BCUT2D eigenvalue weighted by Crippen LogP contribution is -2.35. The Labute approximate surface area is 169 Å². The van der Waals surface area contributed by atoms with Crippen LogP contribution in [0.3, 0.4) is 0 Å². The van der Waals surface area contributed by atoms with E-state index in [0.29, 0.717) is 19.0 Å². The predicted molar refractivity (Wildman–Crippen MR) is 107 cm³/mol. The highest BCUT2D eigenvalue weighted by Crippen LogP contribution is 2.27. The molecule has 2 aromatic rings. The minimum Gasteiger partial charge on any atom is -0.444 e. The summed E-state index contributed by atoms with van der Waals surface area (Å²) in [4.78, 5) is 16.7. The molecule has 1 aliphatic heterocycles. The van der Waals surface area contributed by atoms with Gasteiger partial charge in [0, 0.05) is 18.7 Å². The van der Waals surface area contributed by atoms with Crippen LogP contribution in [0.1, 0.15) is 30.2 Å². The van der Waals surface area contributed by atoms with Gasteiger partial charge in [0.25, 0.3) is 5.69 Å². The number of nitro groups is 1. The molecule has 1 fully saturated rings. The number of benzene rings is 1. The Hall–Kier alpha value is -2.50. The normalized spacial score (nSPS) is 16.1. The molecule has 3 rings (SSSR count). The number of primary sulfonamides is 1. The summed E-state index contributed by atoms with van der Waals surface area (Å²) in [6, 6.07) is 3.64. The quantitative estimate of drug-likeness (QED) is 0.509. The largest absolute Gasteiger partial charge is 0.444 e. The number of nitrogens with two attached hydrogens (primary N) is 1. The fourth-order valence-electron chi connectivity index (χ4n) is 3.41. The van der Waals surface area contributed by atoms with Crippen molar-refractivity contribution in [2.75, 3.05) is 25.0 Å². The van der Waals surface area contributed by atoms with Crippen LogP contribution in [-0.4, -0.2) is 42.9 Å². The van der Waals surface area contributed by atoms with E-state index < -0.39 is 14.9 Å². The molecule has 2 heterocycles. The van der Waals surface area contributed by atoms with Crippen molar-refractivity contribution in [3.8, 4) is 0 Å². The smallest absolute Gasteiger partial charge is 0.270 e. The summed E-state index contributed by atoms with van der Waals surface area (Å²) >= 11 is 0. The fourth-order valence-corrected chi connectivity index (χ4v) is 4.14. The van der Waals surface area contributed by atoms with Gasteiger partial charge in [-0.2, -0.15) is 0 Å². The van der Waals surface area contributed by atoms with E-state index in [9.17, 15) is 18.5 Å². The second-order valence-electron chi connectivity index (χ2n) is 7.33. The van der Waals surface area contributed by atoms with Crippen molar-refractivity contribution in [3.63, 3.8) is 0 Å². The van der Waals surface area contributed by atoms with Crippen LogP contribution >= 0.6 is 0 Å². The Balaban J connectivity index is 1.57. The number of anilines is 1. The SMILES string of the molecule is Cc1nc(CN2CCC(CNc3ccc([N+](=O)[O-])cc3S(N)(=O)=O)CC2)oc1C. The van der Waals surface area contributed by atoms with E-state index in [0.717, 1.165) is 49.3 Å². The van der Waals surface area contributed by atoms with Crippen molar-refractivity contribution in [2.24, 2.45) is 11.1 Å². The molecule has 1 saturated heterocycles. The van der Waals surface area contributed by atoms with E-state index in [1.165, 1.54) is 12.1 Å². The fraction of sp³-hybridized carbons (Fsp3) is 0.500. The third-order valence-corrected chi connectivity index (χ3v) is 6.15. The van der Waals surface area contributed by atoms with Crippen LogP contribution in [0.15, 0.2) is 27.5 Å². The first-order chi connectivity index (χ1) is 13.6. The zero-order valence-corrected chi connectivity index (χ0v) is 17.2. The number of aromatic nitrogens is 1. The van der Waals surface area contributed by atoms with Gasteiger partial charge in [0.05, 0.1) is 22.8 Å². The summed E-state index contributed by atoms with van der Waals surface area (Å²) < 4.78 is 29.3. The van der Waals surface area contributed by atoms with Crippen LogP contribution in [0, 0.1) is 29.9 Å². The number of likely N-dealkylation sites (tertiary alicyclic amines) is 1. The Kier molecular flexibility index (Phi) is 6.20. The van der Waals surface area contributed by atoms with Crippen molar-refractivity contribution in [1.82, 2.24) is 9.88 Å². The van der Waals surface area contributed by atoms with Gasteiger partial charge in [-0.25, -0.2) is 18.5 Å². The van der Waals surface area contributed by atoms with Gasteiger partial charge in [-0.15, -0.1) is 0 Å². The number of sulfonamides is 1. The highest BCUT2D eigenvalue weighted by Gasteiger charge is 2.23. The molecule has 0 saturated carbocycles. The number of nitrogens with one attached hydrogen (secondary N) is 1. The molecule has 0 bridgehead atoms. The standard InChI is InChI=1S/C18H25N5O5S/c1-12-13(2)28-18(21-12)11-22-7-5-14(6-8-22)10-20-16-4-3-15(23(24)25)9-17(16)29(19,26)27/h3-4,9,14,20H,5-8,10-11H2,1-2H3,(H2,19,26,27). The van der Waals surface area contributed by atoms with Crippen molar-refractivity contribution in [3.05, 3.63) is 45.7 Å². The lowest BCUT2D eigenvalue weighted by molar-refractivity contribution is -0.385. The first-order valence-electron chi connectivity index (χ1n) is 9.34. The summed E-state index contributed by atoms with van der Waals surface area (Å²) in [5, 5.41) is 19.2. The van der Waals surface area contributed by atoms with E-state index in [1.807, 2.05) is 13.8 Å². The first-order valence-corrected chi connectivity index (χ1v) is 10.9. The molecule has 158 valence electrons. The molecule has 0 radical (unpaired) electrons. The van der Waals surface area contributed by atoms with Crippen LogP contribution in [0.2, 0.25) is 0 Å². The third kappa shape index (κ3) is 5.31. The first kappa shape index (κ1) is 21.2. The molecule has 0 amide bonds. The molecule has 0 spiro atoms. The molecule has 0 atom stereocenters. The van der Waals surface area contributed by atoms with Crippen LogP contribution in [0.4, 0.5) is 11.4 Å². The monoisotopic (exact) mass is 423 g/mol. The average Bonchev–Trinajstić information content (AvgIpc) is 2.97. The highest BCUT2D eigenvalue weighted by atomic mass is 32.2.